The van der Waals surface area contributed by atoms with Crippen LogP contribution in [-0.2, 0) is 22.0 Å². The lowest BCUT2D eigenvalue weighted by molar-refractivity contribution is 0.0953. The number of carbonyl (C=O) groups excluding carboxylic acids is 1. The van der Waals surface area contributed by atoms with E-state index in [1.165, 1.54) is 54.6 Å². The maximum absolute atomic E-state index is 13.5. The zero-order chi connectivity index (χ0) is 26.3. The van der Waals surface area contributed by atoms with Gasteiger partial charge in [0.25, 0.3) is 5.91 Å². The molecule has 0 spiro atoms. The number of H-pyrrole nitrogens is 1. The van der Waals surface area contributed by atoms with E-state index >= 15 is 0 Å². The molecule has 0 fully saturated rings. The maximum atomic E-state index is 13.5. The zero-order valence-corrected chi connectivity index (χ0v) is 20.4. The van der Waals surface area contributed by atoms with Crippen molar-refractivity contribution in [3.05, 3.63) is 113 Å². The summed E-state index contributed by atoms with van der Waals surface area (Å²) in [6.07, 6.45) is 4.92. The van der Waals surface area contributed by atoms with Gasteiger partial charge in [-0.2, -0.15) is 9.49 Å². The molecule has 4 aromatic rings. The lowest BCUT2D eigenvalue weighted by atomic mass is 10.1. The van der Waals surface area contributed by atoms with Crippen molar-refractivity contribution in [2.75, 3.05) is 6.54 Å². The molecule has 0 aliphatic carbocycles. The largest absolute Gasteiger partial charge is 0.352 e. The number of amides is 1. The molecule has 1 amide bonds. The number of sulfone groups is 1. The second-order valence-corrected chi connectivity index (χ2v) is 10.1. The van der Waals surface area contributed by atoms with E-state index in [0.29, 0.717) is 18.5 Å². The lowest BCUT2D eigenvalue weighted by Crippen LogP contribution is -2.25. The van der Waals surface area contributed by atoms with E-state index in [9.17, 15) is 22.0 Å². The number of aromatic amines is 1. The predicted octanol–water partition coefficient (Wildman–Crippen LogP) is 3.82. The Morgan fingerprint density at radius 1 is 1.03 bits per heavy atom. The number of nitrogens with one attached hydrogen (secondary N) is 2. The molecular weight excluding hydrogens is 498 g/mol. The minimum Gasteiger partial charge on any atom is -0.352 e. The van der Waals surface area contributed by atoms with Crippen LogP contribution in [0, 0.1) is 23.6 Å². The number of hydrogen-bond acceptors (Lipinski definition) is 5. The third-order valence-corrected chi connectivity index (χ3v) is 7.06. The smallest absolute Gasteiger partial charge is 0.251 e. The van der Waals surface area contributed by atoms with Crippen LogP contribution < -0.4 is 5.32 Å². The van der Waals surface area contributed by atoms with Gasteiger partial charge in [-0.3, -0.25) is 9.89 Å². The molecule has 37 heavy (non-hydrogen) atoms. The number of nitrogens with zero attached hydrogens (tertiary/aromatic N) is 2. The van der Waals surface area contributed by atoms with Crippen molar-refractivity contribution >= 4 is 15.7 Å². The van der Waals surface area contributed by atoms with Gasteiger partial charge in [0, 0.05) is 29.4 Å². The first-order valence-electron chi connectivity index (χ1n) is 11.3. The summed E-state index contributed by atoms with van der Waals surface area (Å²) in [5.74, 6) is 3.46. The van der Waals surface area contributed by atoms with E-state index in [0.717, 1.165) is 18.1 Å². The highest BCUT2D eigenvalue weighted by atomic mass is 32.2. The van der Waals surface area contributed by atoms with Crippen LogP contribution in [0.25, 0.3) is 0 Å². The van der Waals surface area contributed by atoms with Crippen molar-refractivity contribution in [3.8, 4) is 11.8 Å². The van der Waals surface area contributed by atoms with Crippen LogP contribution in [0.1, 0.15) is 39.2 Å². The van der Waals surface area contributed by atoms with Gasteiger partial charge in [0.15, 0.2) is 9.84 Å². The van der Waals surface area contributed by atoms with Crippen LogP contribution >= 0.6 is 0 Å². The molecule has 188 valence electrons. The number of benzene rings is 2. The first-order chi connectivity index (χ1) is 17.8. The Morgan fingerprint density at radius 2 is 1.84 bits per heavy atom. The summed E-state index contributed by atoms with van der Waals surface area (Å²) in [7, 11) is -3.99. The Balaban J connectivity index is 1.59. The van der Waals surface area contributed by atoms with E-state index in [4.69, 9.17) is 0 Å². The van der Waals surface area contributed by atoms with Crippen LogP contribution in [0.5, 0.6) is 0 Å². The van der Waals surface area contributed by atoms with Gasteiger partial charge in [-0.15, -0.1) is 0 Å². The van der Waals surface area contributed by atoms with E-state index < -0.39 is 27.4 Å². The van der Waals surface area contributed by atoms with Crippen molar-refractivity contribution < 1.29 is 22.0 Å². The average molecular weight is 521 g/mol. The van der Waals surface area contributed by atoms with Gasteiger partial charge in [-0.25, -0.2) is 17.8 Å². The van der Waals surface area contributed by atoms with E-state index in [2.05, 4.69) is 32.3 Å². The fourth-order valence-electron chi connectivity index (χ4n) is 3.53. The van der Waals surface area contributed by atoms with Crippen LogP contribution in [0.15, 0.2) is 78.0 Å². The fourth-order valence-corrected chi connectivity index (χ4v) is 4.95. The number of aryl methyl sites for hydroxylation is 1. The molecule has 0 saturated carbocycles. The van der Waals surface area contributed by atoms with Crippen LogP contribution in [0.4, 0.5) is 8.78 Å². The molecule has 0 bridgehead atoms. The highest BCUT2D eigenvalue weighted by molar-refractivity contribution is 7.90. The molecular formula is C27H22F2N4O3S. The van der Waals surface area contributed by atoms with Gasteiger partial charge < -0.3 is 5.32 Å². The second kappa shape index (κ2) is 11.6. The first-order valence-corrected chi connectivity index (χ1v) is 13.0. The van der Waals surface area contributed by atoms with Gasteiger partial charge in [0.1, 0.15) is 5.82 Å². The van der Waals surface area contributed by atoms with Gasteiger partial charge in [-0.05, 0) is 73.0 Å². The lowest BCUT2D eigenvalue weighted by Gasteiger charge is -2.10. The Hall–Kier alpha value is -4.36. The molecule has 2 N–H and O–H groups in total. The predicted molar refractivity (Wildman–Crippen MR) is 133 cm³/mol. The quantitative estimate of drug-likeness (QED) is 0.209. The van der Waals surface area contributed by atoms with E-state index in [-0.39, 0.29) is 27.6 Å². The molecule has 2 heterocycles. The summed E-state index contributed by atoms with van der Waals surface area (Å²) in [4.78, 5) is 16.3. The van der Waals surface area contributed by atoms with Gasteiger partial charge in [0.05, 0.1) is 22.5 Å². The first kappa shape index (κ1) is 25.7. The third kappa shape index (κ3) is 7.08. The van der Waals surface area contributed by atoms with Crippen molar-refractivity contribution in [2.24, 2.45) is 0 Å². The Kier molecular flexibility index (Phi) is 8.05. The number of carbonyl (C=O) groups is 1. The molecule has 0 aliphatic rings. The molecule has 0 aliphatic heterocycles. The van der Waals surface area contributed by atoms with Crippen LogP contribution in [0.2, 0.25) is 0 Å². The highest BCUT2D eigenvalue weighted by Crippen LogP contribution is 2.22. The zero-order valence-electron chi connectivity index (χ0n) is 19.5. The maximum Gasteiger partial charge on any atom is 0.251 e. The minimum absolute atomic E-state index is 0.0388. The SMILES string of the molecule is O=C(NCCCc1cn[nH]c1)c1ccc(S(=O)(=O)Cc2cccc(F)n2)c(C#Cc2ccc(F)cc2)c1. The van der Waals surface area contributed by atoms with Crippen molar-refractivity contribution in [1.82, 2.24) is 20.5 Å². The summed E-state index contributed by atoms with van der Waals surface area (Å²) in [6.45, 7) is 0.409. The minimum atomic E-state index is -3.99. The molecule has 7 nitrogen and oxygen atoms in total. The molecule has 0 atom stereocenters. The van der Waals surface area contributed by atoms with E-state index in [1.54, 1.807) is 12.4 Å². The number of hydrogen-bond donors (Lipinski definition) is 2. The fraction of sp³-hybridized carbons (Fsp3) is 0.148. The van der Waals surface area contributed by atoms with Crippen molar-refractivity contribution in [3.63, 3.8) is 0 Å². The number of halogens is 2. The monoisotopic (exact) mass is 520 g/mol. The van der Waals surface area contributed by atoms with E-state index in [1.807, 2.05) is 0 Å². The molecule has 2 aromatic heterocycles. The molecule has 2 aromatic carbocycles. The van der Waals surface area contributed by atoms with Crippen LogP contribution in [0.3, 0.4) is 0 Å². The van der Waals surface area contributed by atoms with Crippen molar-refractivity contribution in [2.45, 2.75) is 23.5 Å². The molecule has 0 saturated heterocycles. The highest BCUT2D eigenvalue weighted by Gasteiger charge is 2.21. The Bertz CT molecular complexity index is 1560. The number of rotatable bonds is 8. The number of aromatic nitrogens is 3. The molecule has 0 radical (unpaired) electrons. The van der Waals surface area contributed by atoms with Gasteiger partial charge >= 0.3 is 0 Å². The summed E-state index contributed by atoms with van der Waals surface area (Å²) in [5, 5.41) is 9.43. The standard InChI is InChI=1S/C27H22F2N4O3S/c28-23-11-7-19(8-12-23)6-9-21-15-22(27(34)30-14-2-3-20-16-31-32-17-20)10-13-25(21)37(35,36)18-24-4-1-5-26(29)33-24/h1,4-5,7-8,10-13,15-17H,2-3,14,18H2,(H,30,34)(H,31,32). The molecule has 4 rings (SSSR count). The Labute approximate surface area is 212 Å². The van der Waals surface area contributed by atoms with Gasteiger partial charge in [-0.1, -0.05) is 17.9 Å². The normalized spacial score (nSPS) is 11.0. The van der Waals surface area contributed by atoms with Crippen molar-refractivity contribution in [1.29, 1.82) is 0 Å². The summed E-state index contributed by atoms with van der Waals surface area (Å²) >= 11 is 0. The molecule has 10 heteroatoms. The average Bonchev–Trinajstić information content (AvgIpc) is 3.39. The second-order valence-electron chi connectivity index (χ2n) is 8.14. The van der Waals surface area contributed by atoms with Gasteiger partial charge in [0.2, 0.25) is 5.95 Å². The number of pyridine rings is 1. The summed E-state index contributed by atoms with van der Waals surface area (Å²) < 4.78 is 53.2. The topological polar surface area (TPSA) is 105 Å². The van der Waals surface area contributed by atoms with Crippen LogP contribution in [-0.4, -0.2) is 36.1 Å². The third-order valence-electron chi connectivity index (χ3n) is 5.36. The molecule has 0 unspecified atom stereocenters. The summed E-state index contributed by atoms with van der Waals surface area (Å²) in [6, 6.07) is 13.4. The Morgan fingerprint density at radius 3 is 2.57 bits per heavy atom. The summed E-state index contributed by atoms with van der Waals surface area (Å²) in [5.41, 5.74) is 1.85.